The van der Waals surface area contributed by atoms with Crippen LogP contribution in [0.15, 0.2) is 11.7 Å². The number of aromatic amines is 1. The van der Waals surface area contributed by atoms with Crippen LogP contribution < -0.4 is 14.4 Å². The molecule has 1 fully saturated rings. The van der Waals surface area contributed by atoms with E-state index in [2.05, 4.69) is 20.1 Å². The zero-order valence-electron chi connectivity index (χ0n) is 11.8. The van der Waals surface area contributed by atoms with Crippen molar-refractivity contribution < 1.29 is 14.3 Å². The SMILES string of the molecule is O=C(c1scc2c1OCCO2)N1CCN(c2ncn[nH]2)CC1. The average molecular weight is 321 g/mol. The number of aromatic nitrogens is 3. The minimum atomic E-state index is 0.00831. The van der Waals surface area contributed by atoms with Gasteiger partial charge in [0.05, 0.1) is 0 Å². The Morgan fingerprint density at radius 3 is 2.82 bits per heavy atom. The van der Waals surface area contributed by atoms with Crippen LogP contribution in [0.5, 0.6) is 11.5 Å². The van der Waals surface area contributed by atoms with E-state index in [1.807, 2.05) is 10.3 Å². The smallest absolute Gasteiger partial charge is 0.268 e. The quantitative estimate of drug-likeness (QED) is 0.872. The summed E-state index contributed by atoms with van der Waals surface area (Å²) in [6, 6.07) is 0. The minimum absolute atomic E-state index is 0.00831. The highest BCUT2D eigenvalue weighted by atomic mass is 32.1. The molecule has 4 rings (SSSR count). The fraction of sp³-hybridized carbons (Fsp3) is 0.462. The molecule has 8 nitrogen and oxygen atoms in total. The number of hydrogen-bond donors (Lipinski definition) is 1. The summed E-state index contributed by atoms with van der Waals surface area (Å²) in [5.74, 6) is 2.03. The van der Waals surface area contributed by atoms with E-state index in [1.54, 1.807) is 0 Å². The van der Waals surface area contributed by atoms with Gasteiger partial charge in [0.1, 0.15) is 24.4 Å². The fourth-order valence-corrected chi connectivity index (χ4v) is 3.52. The van der Waals surface area contributed by atoms with E-state index in [4.69, 9.17) is 9.47 Å². The lowest BCUT2D eigenvalue weighted by Gasteiger charge is -2.34. The first-order valence-electron chi connectivity index (χ1n) is 7.09. The van der Waals surface area contributed by atoms with Crippen molar-refractivity contribution in [2.75, 3.05) is 44.3 Å². The Bertz CT molecular complexity index is 663. The second-order valence-corrected chi connectivity index (χ2v) is 5.92. The third-order valence-corrected chi connectivity index (χ3v) is 4.69. The molecule has 1 saturated heterocycles. The van der Waals surface area contributed by atoms with Crippen LogP contribution in [0.2, 0.25) is 0 Å². The van der Waals surface area contributed by atoms with Gasteiger partial charge in [0, 0.05) is 31.6 Å². The van der Waals surface area contributed by atoms with Crippen LogP contribution in [-0.2, 0) is 0 Å². The van der Waals surface area contributed by atoms with Gasteiger partial charge in [-0.15, -0.1) is 11.3 Å². The number of thiophene rings is 1. The van der Waals surface area contributed by atoms with Crippen LogP contribution >= 0.6 is 11.3 Å². The van der Waals surface area contributed by atoms with Crippen LogP contribution in [0.1, 0.15) is 9.67 Å². The molecule has 0 aromatic carbocycles. The molecule has 2 aromatic heterocycles. The van der Waals surface area contributed by atoms with Crippen LogP contribution in [0.3, 0.4) is 0 Å². The first kappa shape index (κ1) is 13.4. The number of carbonyl (C=O) groups excluding carboxylic acids is 1. The number of nitrogens with zero attached hydrogens (tertiary/aromatic N) is 4. The van der Waals surface area contributed by atoms with E-state index in [0.29, 0.717) is 42.7 Å². The van der Waals surface area contributed by atoms with Crippen molar-refractivity contribution in [2.45, 2.75) is 0 Å². The number of H-pyrrole nitrogens is 1. The molecular weight excluding hydrogens is 306 g/mol. The van der Waals surface area contributed by atoms with Gasteiger partial charge in [-0.25, -0.2) is 5.10 Å². The van der Waals surface area contributed by atoms with Crippen molar-refractivity contribution in [1.82, 2.24) is 20.1 Å². The van der Waals surface area contributed by atoms with Crippen molar-refractivity contribution in [2.24, 2.45) is 0 Å². The zero-order chi connectivity index (χ0) is 14.9. The van der Waals surface area contributed by atoms with Gasteiger partial charge in [0.25, 0.3) is 5.91 Å². The van der Waals surface area contributed by atoms with E-state index < -0.39 is 0 Å². The molecule has 1 amide bonds. The zero-order valence-corrected chi connectivity index (χ0v) is 12.6. The van der Waals surface area contributed by atoms with E-state index in [9.17, 15) is 4.79 Å². The first-order valence-corrected chi connectivity index (χ1v) is 7.97. The third kappa shape index (κ3) is 2.27. The minimum Gasteiger partial charge on any atom is -0.485 e. The second kappa shape index (κ2) is 5.48. The van der Waals surface area contributed by atoms with Crippen molar-refractivity contribution in [3.63, 3.8) is 0 Å². The summed E-state index contributed by atoms with van der Waals surface area (Å²) in [6.45, 7) is 3.77. The molecule has 0 saturated carbocycles. The average Bonchev–Trinajstić information content (AvgIpc) is 3.24. The molecule has 2 aromatic rings. The lowest BCUT2D eigenvalue weighted by molar-refractivity contribution is 0.0742. The van der Waals surface area contributed by atoms with E-state index in [1.165, 1.54) is 17.7 Å². The van der Waals surface area contributed by atoms with Gasteiger partial charge in [-0.05, 0) is 0 Å². The fourth-order valence-electron chi connectivity index (χ4n) is 2.63. The Hall–Kier alpha value is -2.29. The molecule has 116 valence electrons. The van der Waals surface area contributed by atoms with E-state index >= 15 is 0 Å². The maximum atomic E-state index is 12.7. The summed E-state index contributed by atoms with van der Waals surface area (Å²) in [7, 11) is 0. The Morgan fingerprint density at radius 1 is 1.23 bits per heavy atom. The van der Waals surface area contributed by atoms with Crippen LogP contribution in [0, 0.1) is 0 Å². The summed E-state index contributed by atoms with van der Waals surface area (Å²) < 4.78 is 11.1. The highest BCUT2D eigenvalue weighted by Crippen LogP contribution is 2.40. The molecule has 2 aliphatic heterocycles. The third-order valence-electron chi connectivity index (χ3n) is 3.76. The van der Waals surface area contributed by atoms with Gasteiger partial charge >= 0.3 is 0 Å². The van der Waals surface area contributed by atoms with Crippen molar-refractivity contribution >= 4 is 23.2 Å². The number of ether oxygens (including phenoxy) is 2. The van der Waals surface area contributed by atoms with Crippen molar-refractivity contribution in [3.8, 4) is 11.5 Å². The number of piperazine rings is 1. The topological polar surface area (TPSA) is 83.6 Å². The van der Waals surface area contributed by atoms with Gasteiger partial charge < -0.3 is 19.3 Å². The highest BCUT2D eigenvalue weighted by molar-refractivity contribution is 7.12. The first-order chi connectivity index (χ1) is 10.8. The van der Waals surface area contributed by atoms with Gasteiger partial charge in [-0.1, -0.05) is 0 Å². The normalized spacial score (nSPS) is 17.6. The standard InChI is InChI=1S/C13H15N5O3S/c19-12(11-10-9(7-22-11)20-5-6-21-10)17-1-3-18(4-2-17)13-14-8-15-16-13/h7-8H,1-6H2,(H,14,15,16). The molecule has 4 heterocycles. The molecule has 0 atom stereocenters. The number of fused-ring (bicyclic) bond motifs is 1. The number of amides is 1. The van der Waals surface area contributed by atoms with Crippen LogP contribution in [-0.4, -0.2) is 65.4 Å². The van der Waals surface area contributed by atoms with E-state index in [0.717, 1.165) is 19.0 Å². The maximum absolute atomic E-state index is 12.7. The Balaban J connectivity index is 1.45. The summed E-state index contributed by atoms with van der Waals surface area (Å²) in [6.07, 6.45) is 1.49. The molecule has 1 N–H and O–H groups in total. The monoisotopic (exact) mass is 321 g/mol. The molecule has 0 spiro atoms. The number of nitrogens with one attached hydrogen (secondary N) is 1. The van der Waals surface area contributed by atoms with Crippen molar-refractivity contribution in [3.05, 3.63) is 16.6 Å². The molecule has 0 radical (unpaired) electrons. The number of rotatable bonds is 2. The van der Waals surface area contributed by atoms with E-state index in [-0.39, 0.29) is 5.91 Å². The Kier molecular flexibility index (Phi) is 3.34. The largest absolute Gasteiger partial charge is 0.485 e. The number of anilines is 1. The van der Waals surface area contributed by atoms with Gasteiger partial charge in [-0.2, -0.15) is 10.1 Å². The predicted molar refractivity (Wildman–Crippen MR) is 79.8 cm³/mol. The lowest BCUT2D eigenvalue weighted by atomic mass is 10.3. The summed E-state index contributed by atoms with van der Waals surface area (Å²) in [4.78, 5) is 21.4. The molecule has 0 aliphatic carbocycles. The molecule has 9 heteroatoms. The molecule has 0 bridgehead atoms. The number of hydrogen-bond acceptors (Lipinski definition) is 7. The molecule has 0 unspecified atom stereocenters. The molecule has 2 aliphatic rings. The second-order valence-electron chi connectivity index (χ2n) is 5.04. The van der Waals surface area contributed by atoms with Crippen LogP contribution in [0.25, 0.3) is 0 Å². The van der Waals surface area contributed by atoms with Crippen LogP contribution in [0.4, 0.5) is 5.95 Å². The predicted octanol–water partition coefficient (Wildman–Crippen LogP) is 0.600. The van der Waals surface area contributed by atoms with Gasteiger partial charge in [0.2, 0.25) is 5.95 Å². The Morgan fingerprint density at radius 2 is 2.05 bits per heavy atom. The van der Waals surface area contributed by atoms with Crippen molar-refractivity contribution in [1.29, 1.82) is 0 Å². The molecule has 22 heavy (non-hydrogen) atoms. The summed E-state index contributed by atoms with van der Waals surface area (Å²) >= 11 is 1.38. The van der Waals surface area contributed by atoms with Gasteiger partial charge in [0.15, 0.2) is 11.5 Å². The highest BCUT2D eigenvalue weighted by Gasteiger charge is 2.29. The summed E-state index contributed by atoms with van der Waals surface area (Å²) in [5, 5.41) is 8.54. The van der Waals surface area contributed by atoms with Gasteiger partial charge in [-0.3, -0.25) is 4.79 Å². The lowest BCUT2D eigenvalue weighted by Crippen LogP contribution is -2.49. The maximum Gasteiger partial charge on any atom is 0.268 e. The molecular formula is C13H15N5O3S. The summed E-state index contributed by atoms with van der Waals surface area (Å²) in [5.41, 5.74) is 0. The Labute approximate surface area is 130 Å². The number of carbonyl (C=O) groups is 1.